The van der Waals surface area contributed by atoms with Gasteiger partial charge in [0.15, 0.2) is 5.78 Å². The molecule has 1 aliphatic heterocycles. The van der Waals surface area contributed by atoms with Crippen molar-refractivity contribution in [1.82, 2.24) is 0 Å². The summed E-state index contributed by atoms with van der Waals surface area (Å²) >= 11 is 1.56. The largest absolute Gasteiger partial charge is 0.492 e. The minimum absolute atomic E-state index is 0.00271. The second-order valence-electron chi connectivity index (χ2n) is 6.72. The van der Waals surface area contributed by atoms with Gasteiger partial charge in [-0.25, -0.2) is 0 Å². The van der Waals surface area contributed by atoms with E-state index in [1.54, 1.807) is 24.8 Å². The van der Waals surface area contributed by atoms with E-state index in [1.165, 1.54) is 0 Å². The average molecular weight is 401 g/mol. The Kier molecular flexibility index (Phi) is 5.55. The topological polar surface area (TPSA) is 59.3 Å². The molecule has 1 aliphatic rings. The summed E-state index contributed by atoms with van der Waals surface area (Å²) in [6.07, 6.45) is 0.743. The van der Waals surface area contributed by atoms with Crippen LogP contribution in [0.1, 0.15) is 34.0 Å². The Hall–Kier alpha value is -3.23. The van der Waals surface area contributed by atoms with E-state index in [0.29, 0.717) is 30.1 Å². The van der Waals surface area contributed by atoms with Gasteiger partial charge in [-0.2, -0.15) is 5.26 Å². The summed E-state index contributed by atoms with van der Waals surface area (Å²) in [7, 11) is 0. The second kappa shape index (κ2) is 8.42. The van der Waals surface area contributed by atoms with Crippen molar-refractivity contribution in [1.29, 1.82) is 5.26 Å². The van der Waals surface area contributed by atoms with Gasteiger partial charge in [0.25, 0.3) is 0 Å². The molecule has 0 amide bonds. The number of benzene rings is 3. The zero-order valence-electron chi connectivity index (χ0n) is 16.0. The highest BCUT2D eigenvalue weighted by Gasteiger charge is 2.23. The van der Waals surface area contributed by atoms with E-state index in [4.69, 9.17) is 9.47 Å². The fourth-order valence-electron chi connectivity index (χ4n) is 3.31. The second-order valence-corrected chi connectivity index (χ2v) is 7.84. The lowest BCUT2D eigenvalue weighted by molar-refractivity contribution is 0.101. The van der Waals surface area contributed by atoms with Crippen LogP contribution in [0.2, 0.25) is 0 Å². The highest BCUT2D eigenvalue weighted by molar-refractivity contribution is 7.99. The van der Waals surface area contributed by atoms with Crippen LogP contribution in [0.4, 0.5) is 0 Å². The predicted molar refractivity (Wildman–Crippen MR) is 112 cm³/mol. The highest BCUT2D eigenvalue weighted by Crippen LogP contribution is 2.37. The zero-order chi connectivity index (χ0) is 20.2. The maximum atomic E-state index is 11.8. The van der Waals surface area contributed by atoms with Gasteiger partial charge in [0.1, 0.15) is 24.2 Å². The van der Waals surface area contributed by atoms with Gasteiger partial charge in [-0.15, -0.1) is 0 Å². The van der Waals surface area contributed by atoms with Crippen molar-refractivity contribution in [3.8, 4) is 17.6 Å². The molecule has 0 atom stereocenters. The number of ether oxygens (including phenoxy) is 2. The number of hydrogen-bond donors (Lipinski definition) is 0. The van der Waals surface area contributed by atoms with Crippen molar-refractivity contribution in [2.45, 2.75) is 29.7 Å². The molecule has 1 heterocycles. The van der Waals surface area contributed by atoms with E-state index >= 15 is 0 Å². The molecular weight excluding hydrogens is 382 g/mol. The number of fused-ring (bicyclic) bond motifs is 1. The summed E-state index contributed by atoms with van der Waals surface area (Å²) in [6, 6.07) is 21.5. The lowest BCUT2D eigenvalue weighted by atomic mass is 10.0. The first-order valence-corrected chi connectivity index (χ1v) is 10.2. The molecule has 0 N–H and O–H groups in total. The van der Waals surface area contributed by atoms with Crippen molar-refractivity contribution in [3.63, 3.8) is 0 Å². The third-order valence-corrected chi connectivity index (χ3v) is 5.79. The van der Waals surface area contributed by atoms with Gasteiger partial charge in [0.2, 0.25) is 0 Å². The molecule has 0 aromatic heterocycles. The molecule has 29 heavy (non-hydrogen) atoms. The number of rotatable bonds is 6. The van der Waals surface area contributed by atoms with Crippen LogP contribution in [0, 0.1) is 11.3 Å². The van der Waals surface area contributed by atoms with Gasteiger partial charge >= 0.3 is 0 Å². The molecule has 0 fully saturated rings. The normalized spacial score (nSPS) is 12.0. The van der Waals surface area contributed by atoms with Crippen LogP contribution in [0.25, 0.3) is 0 Å². The quantitative estimate of drug-likeness (QED) is 0.516. The van der Waals surface area contributed by atoms with Crippen molar-refractivity contribution < 1.29 is 14.3 Å². The minimum atomic E-state index is -0.00271. The summed E-state index contributed by atoms with van der Waals surface area (Å²) in [4.78, 5) is 13.8. The molecule has 5 heteroatoms. The maximum Gasteiger partial charge on any atom is 0.163 e. The molecule has 4 nitrogen and oxygen atoms in total. The van der Waals surface area contributed by atoms with E-state index in [-0.39, 0.29) is 5.78 Å². The monoisotopic (exact) mass is 401 g/mol. The molecule has 4 rings (SSSR count). The Labute approximate surface area is 174 Å². The summed E-state index contributed by atoms with van der Waals surface area (Å²) < 4.78 is 11.7. The number of nitrogens with zero attached hydrogens (tertiary/aromatic N) is 1. The molecule has 0 aliphatic carbocycles. The molecule has 0 bridgehead atoms. The van der Waals surface area contributed by atoms with Crippen LogP contribution in [-0.2, 0) is 13.0 Å². The van der Waals surface area contributed by atoms with Crippen LogP contribution < -0.4 is 9.47 Å². The number of ketones is 1. The third-order valence-electron chi connectivity index (χ3n) is 4.72. The van der Waals surface area contributed by atoms with Gasteiger partial charge in [0, 0.05) is 21.8 Å². The third kappa shape index (κ3) is 4.13. The number of carbonyl (C=O) groups is 1. The van der Waals surface area contributed by atoms with E-state index in [9.17, 15) is 10.1 Å². The molecule has 3 aromatic carbocycles. The van der Waals surface area contributed by atoms with Crippen molar-refractivity contribution in [3.05, 3.63) is 82.9 Å². The van der Waals surface area contributed by atoms with E-state index in [0.717, 1.165) is 33.1 Å². The Balaban J connectivity index is 1.51. The fourth-order valence-corrected chi connectivity index (χ4v) is 4.29. The first-order chi connectivity index (χ1) is 14.2. The SMILES string of the molecule is CC(=O)c1ccc(OCc2cccc(Sc3ccccc3C#N)c2)c2c1OCC2. The molecule has 0 spiro atoms. The first-order valence-electron chi connectivity index (χ1n) is 9.34. The Bertz CT molecular complexity index is 1120. The molecular formula is C24H19NO3S. The Morgan fingerprint density at radius 3 is 2.86 bits per heavy atom. The van der Waals surface area contributed by atoms with Gasteiger partial charge in [-0.1, -0.05) is 36.0 Å². The van der Waals surface area contributed by atoms with E-state index < -0.39 is 0 Å². The first kappa shape index (κ1) is 19.1. The fraction of sp³-hybridized carbons (Fsp3) is 0.167. The van der Waals surface area contributed by atoms with Crippen molar-refractivity contribution >= 4 is 17.5 Å². The predicted octanol–water partition coefficient (Wildman–Crippen LogP) is 5.43. The minimum Gasteiger partial charge on any atom is -0.492 e. The molecule has 0 saturated carbocycles. The van der Waals surface area contributed by atoms with E-state index in [2.05, 4.69) is 12.1 Å². The van der Waals surface area contributed by atoms with Crippen molar-refractivity contribution in [2.75, 3.05) is 6.61 Å². The van der Waals surface area contributed by atoms with E-state index in [1.807, 2.05) is 48.5 Å². The van der Waals surface area contributed by atoms with Gasteiger partial charge in [-0.05, 0) is 48.9 Å². The summed E-state index contributed by atoms with van der Waals surface area (Å²) in [5.41, 5.74) is 3.28. The Morgan fingerprint density at radius 1 is 1.17 bits per heavy atom. The summed E-state index contributed by atoms with van der Waals surface area (Å²) in [5, 5.41) is 9.28. The summed E-state index contributed by atoms with van der Waals surface area (Å²) in [6.45, 7) is 2.53. The van der Waals surface area contributed by atoms with Gasteiger partial charge < -0.3 is 9.47 Å². The van der Waals surface area contributed by atoms with Crippen LogP contribution in [0.5, 0.6) is 11.5 Å². The number of nitriles is 1. The van der Waals surface area contributed by atoms with Crippen LogP contribution in [0.15, 0.2) is 70.5 Å². The van der Waals surface area contributed by atoms with Crippen LogP contribution in [-0.4, -0.2) is 12.4 Å². The number of Topliss-reactive ketones (excluding diaryl/α,β-unsaturated/α-hetero) is 1. The van der Waals surface area contributed by atoms with Gasteiger partial charge in [-0.3, -0.25) is 4.79 Å². The molecule has 0 saturated heterocycles. The molecule has 3 aromatic rings. The maximum absolute atomic E-state index is 11.8. The number of carbonyl (C=O) groups excluding carboxylic acids is 1. The molecule has 144 valence electrons. The zero-order valence-corrected chi connectivity index (χ0v) is 16.8. The smallest absolute Gasteiger partial charge is 0.163 e. The summed E-state index contributed by atoms with van der Waals surface area (Å²) in [5.74, 6) is 1.42. The highest BCUT2D eigenvalue weighted by atomic mass is 32.2. The van der Waals surface area contributed by atoms with Gasteiger partial charge in [0.05, 0.1) is 17.7 Å². The van der Waals surface area contributed by atoms with Crippen molar-refractivity contribution in [2.24, 2.45) is 0 Å². The molecule has 0 radical (unpaired) electrons. The standard InChI is InChI=1S/C24H19NO3S/c1-16(26)20-9-10-22(21-11-12-27-24(20)21)28-15-17-5-4-7-19(13-17)29-23-8-3-2-6-18(23)14-25/h2-10,13H,11-12,15H2,1H3. The van der Waals surface area contributed by atoms with Crippen LogP contribution >= 0.6 is 11.8 Å². The number of hydrogen-bond acceptors (Lipinski definition) is 5. The lowest BCUT2D eigenvalue weighted by Crippen LogP contribution is -2.01. The molecule has 0 unspecified atom stereocenters. The Morgan fingerprint density at radius 2 is 2.03 bits per heavy atom. The lowest BCUT2D eigenvalue weighted by Gasteiger charge is -2.12. The average Bonchev–Trinajstić information content (AvgIpc) is 3.22. The van der Waals surface area contributed by atoms with Crippen LogP contribution in [0.3, 0.4) is 0 Å².